The van der Waals surface area contributed by atoms with E-state index in [1.165, 1.54) is 0 Å². The number of anilines is 2. The van der Waals surface area contributed by atoms with E-state index in [0.717, 1.165) is 10.6 Å². The second-order valence-corrected chi connectivity index (χ2v) is 8.33. The van der Waals surface area contributed by atoms with E-state index in [-0.39, 0.29) is 23.5 Å². The molecule has 3 rings (SSSR count). The van der Waals surface area contributed by atoms with Crippen LogP contribution in [0.3, 0.4) is 0 Å². The number of amides is 4. The third kappa shape index (κ3) is 4.16. The molecular formula is C19H24N4O2S. The van der Waals surface area contributed by atoms with Crippen molar-refractivity contribution in [1.82, 2.24) is 10.6 Å². The number of urea groups is 2. The van der Waals surface area contributed by atoms with Crippen molar-refractivity contribution in [2.75, 3.05) is 23.3 Å². The highest BCUT2D eigenvalue weighted by molar-refractivity contribution is 7.10. The van der Waals surface area contributed by atoms with Crippen molar-refractivity contribution in [2.24, 2.45) is 5.41 Å². The Kier molecular flexibility index (Phi) is 5.18. The van der Waals surface area contributed by atoms with Crippen molar-refractivity contribution >= 4 is 34.8 Å². The van der Waals surface area contributed by atoms with E-state index in [4.69, 9.17) is 0 Å². The van der Waals surface area contributed by atoms with Crippen LogP contribution < -0.4 is 20.9 Å². The van der Waals surface area contributed by atoms with Crippen LogP contribution in [0.15, 0.2) is 41.8 Å². The van der Waals surface area contributed by atoms with Gasteiger partial charge in [0, 0.05) is 29.3 Å². The molecular weight excluding hydrogens is 348 g/mol. The molecule has 1 saturated heterocycles. The van der Waals surface area contributed by atoms with Crippen LogP contribution in [-0.4, -0.2) is 25.2 Å². The molecule has 0 saturated carbocycles. The van der Waals surface area contributed by atoms with Crippen molar-refractivity contribution in [3.8, 4) is 0 Å². The second kappa shape index (κ2) is 7.37. The summed E-state index contributed by atoms with van der Waals surface area (Å²) in [4.78, 5) is 27.1. The number of benzene rings is 1. The zero-order chi connectivity index (χ0) is 18.7. The van der Waals surface area contributed by atoms with Crippen molar-refractivity contribution in [1.29, 1.82) is 0 Å². The Morgan fingerprint density at radius 1 is 1.27 bits per heavy atom. The van der Waals surface area contributed by atoms with Gasteiger partial charge in [0.15, 0.2) is 0 Å². The smallest absolute Gasteiger partial charge is 0.321 e. The molecule has 7 heteroatoms. The van der Waals surface area contributed by atoms with Crippen LogP contribution in [0, 0.1) is 5.41 Å². The zero-order valence-corrected chi connectivity index (χ0v) is 16.0. The van der Waals surface area contributed by atoms with Gasteiger partial charge in [0.2, 0.25) is 0 Å². The lowest BCUT2D eigenvalue weighted by atomic mass is 9.86. The molecule has 4 amide bonds. The van der Waals surface area contributed by atoms with Gasteiger partial charge in [-0.2, -0.15) is 0 Å². The fourth-order valence-electron chi connectivity index (χ4n) is 2.94. The summed E-state index contributed by atoms with van der Waals surface area (Å²) in [5, 5.41) is 10.7. The van der Waals surface area contributed by atoms with Crippen LogP contribution >= 0.6 is 11.3 Å². The van der Waals surface area contributed by atoms with Crippen LogP contribution in [0.4, 0.5) is 21.0 Å². The molecule has 138 valence electrons. The van der Waals surface area contributed by atoms with E-state index in [1.54, 1.807) is 16.2 Å². The SMILES string of the molecule is CC(C)(C)C(NC(=O)Nc1cccc(N2CCNC2=O)c1)c1cccs1. The van der Waals surface area contributed by atoms with Crippen molar-refractivity contribution in [2.45, 2.75) is 26.8 Å². The van der Waals surface area contributed by atoms with Gasteiger partial charge in [-0.15, -0.1) is 11.3 Å². The summed E-state index contributed by atoms with van der Waals surface area (Å²) in [7, 11) is 0. The minimum absolute atomic E-state index is 0.0879. The van der Waals surface area contributed by atoms with E-state index in [0.29, 0.717) is 18.8 Å². The monoisotopic (exact) mass is 372 g/mol. The fraction of sp³-hybridized carbons (Fsp3) is 0.368. The number of carbonyl (C=O) groups excluding carboxylic acids is 2. The molecule has 0 aliphatic carbocycles. The molecule has 3 N–H and O–H groups in total. The third-order valence-electron chi connectivity index (χ3n) is 4.24. The standard InChI is InChI=1S/C19H24N4O2S/c1-19(2,3)16(15-8-5-11-26-15)22-17(24)21-13-6-4-7-14(12-13)23-10-9-20-18(23)25/h4-8,11-12,16H,9-10H2,1-3H3,(H,20,25)(H2,21,22,24). The Morgan fingerprint density at radius 3 is 2.69 bits per heavy atom. The predicted molar refractivity (Wildman–Crippen MR) is 106 cm³/mol. The van der Waals surface area contributed by atoms with Gasteiger partial charge in [0.05, 0.1) is 6.04 Å². The lowest BCUT2D eigenvalue weighted by Crippen LogP contribution is -2.38. The maximum Gasteiger partial charge on any atom is 0.321 e. The Bertz CT molecular complexity index is 783. The van der Waals surface area contributed by atoms with Gasteiger partial charge < -0.3 is 16.0 Å². The topological polar surface area (TPSA) is 73.5 Å². The van der Waals surface area contributed by atoms with Crippen LogP contribution in [-0.2, 0) is 0 Å². The van der Waals surface area contributed by atoms with Gasteiger partial charge >= 0.3 is 12.1 Å². The average Bonchev–Trinajstić information content (AvgIpc) is 3.23. The summed E-state index contributed by atoms with van der Waals surface area (Å²) in [5.74, 6) is 0. The molecule has 1 fully saturated rings. The second-order valence-electron chi connectivity index (χ2n) is 7.35. The number of hydrogen-bond donors (Lipinski definition) is 3. The molecule has 1 aromatic carbocycles. The minimum atomic E-state index is -0.263. The molecule has 1 atom stereocenters. The summed E-state index contributed by atoms with van der Waals surface area (Å²) in [6.45, 7) is 7.56. The first-order valence-corrected chi connectivity index (χ1v) is 9.49. The number of rotatable bonds is 4. The summed E-state index contributed by atoms with van der Waals surface area (Å²) < 4.78 is 0. The number of carbonyl (C=O) groups is 2. The van der Waals surface area contributed by atoms with Crippen molar-refractivity contribution < 1.29 is 9.59 Å². The lowest BCUT2D eigenvalue weighted by molar-refractivity contribution is 0.230. The first-order chi connectivity index (χ1) is 12.3. The van der Waals surface area contributed by atoms with Crippen LogP contribution in [0.5, 0.6) is 0 Å². The van der Waals surface area contributed by atoms with Crippen LogP contribution in [0.1, 0.15) is 31.7 Å². The normalized spacial score (nSPS) is 15.5. The Labute approximate surface area is 157 Å². The molecule has 2 heterocycles. The molecule has 1 aromatic heterocycles. The van der Waals surface area contributed by atoms with Crippen molar-refractivity contribution in [3.05, 3.63) is 46.7 Å². The summed E-state index contributed by atoms with van der Waals surface area (Å²) in [6.07, 6.45) is 0. The average molecular weight is 372 g/mol. The molecule has 6 nitrogen and oxygen atoms in total. The molecule has 26 heavy (non-hydrogen) atoms. The number of thiophene rings is 1. The van der Waals surface area contributed by atoms with Gasteiger partial charge in [0.25, 0.3) is 0 Å². The molecule has 1 unspecified atom stereocenters. The fourth-order valence-corrected chi connectivity index (χ4v) is 3.96. The highest BCUT2D eigenvalue weighted by atomic mass is 32.1. The van der Waals surface area contributed by atoms with Crippen LogP contribution in [0.25, 0.3) is 0 Å². The summed E-state index contributed by atoms with van der Waals surface area (Å²) in [5.41, 5.74) is 1.31. The number of nitrogens with one attached hydrogen (secondary N) is 3. The molecule has 1 aliphatic rings. The van der Waals surface area contributed by atoms with Crippen LogP contribution in [0.2, 0.25) is 0 Å². The third-order valence-corrected chi connectivity index (χ3v) is 5.18. The Hall–Kier alpha value is -2.54. The predicted octanol–water partition coefficient (Wildman–Crippen LogP) is 4.19. The highest BCUT2D eigenvalue weighted by Crippen LogP contribution is 2.35. The quantitative estimate of drug-likeness (QED) is 0.753. The molecule has 0 spiro atoms. The van der Waals surface area contributed by atoms with E-state index in [2.05, 4.69) is 36.7 Å². The van der Waals surface area contributed by atoms with E-state index in [9.17, 15) is 9.59 Å². The molecule has 0 radical (unpaired) electrons. The first-order valence-electron chi connectivity index (χ1n) is 8.61. The zero-order valence-electron chi connectivity index (χ0n) is 15.2. The van der Waals surface area contributed by atoms with Crippen molar-refractivity contribution in [3.63, 3.8) is 0 Å². The van der Waals surface area contributed by atoms with E-state index < -0.39 is 0 Å². The summed E-state index contributed by atoms with van der Waals surface area (Å²) >= 11 is 1.63. The van der Waals surface area contributed by atoms with Gasteiger partial charge in [0.1, 0.15) is 0 Å². The molecule has 2 aromatic rings. The largest absolute Gasteiger partial charge is 0.336 e. The van der Waals surface area contributed by atoms with Gasteiger partial charge in [-0.05, 0) is 35.1 Å². The van der Waals surface area contributed by atoms with Gasteiger partial charge in [-0.3, -0.25) is 4.90 Å². The van der Waals surface area contributed by atoms with Gasteiger partial charge in [-0.25, -0.2) is 9.59 Å². The van der Waals surface area contributed by atoms with Gasteiger partial charge in [-0.1, -0.05) is 32.9 Å². The number of hydrogen-bond acceptors (Lipinski definition) is 3. The first kappa shape index (κ1) is 18.3. The maximum atomic E-state index is 12.6. The number of nitrogens with zero attached hydrogens (tertiary/aromatic N) is 1. The van der Waals surface area contributed by atoms with E-state index in [1.807, 2.05) is 41.8 Å². The van der Waals surface area contributed by atoms with E-state index >= 15 is 0 Å². The molecule has 1 aliphatic heterocycles. The Morgan fingerprint density at radius 2 is 2.08 bits per heavy atom. The lowest BCUT2D eigenvalue weighted by Gasteiger charge is -2.30. The Balaban J connectivity index is 1.70. The highest BCUT2D eigenvalue weighted by Gasteiger charge is 2.28. The summed E-state index contributed by atoms with van der Waals surface area (Å²) in [6, 6.07) is 10.9. The maximum absolute atomic E-state index is 12.6. The minimum Gasteiger partial charge on any atom is -0.336 e. The molecule has 0 bridgehead atoms.